The summed E-state index contributed by atoms with van der Waals surface area (Å²) in [6.07, 6.45) is 4.25. The lowest BCUT2D eigenvalue weighted by atomic mass is 10.2. The minimum atomic E-state index is -0.259. The number of rotatable bonds is 6. The van der Waals surface area contributed by atoms with Gasteiger partial charge in [0.15, 0.2) is 5.88 Å². The predicted molar refractivity (Wildman–Crippen MR) is 88.4 cm³/mol. The smallest absolute Gasteiger partial charge is 0.240 e. The van der Waals surface area contributed by atoms with E-state index in [-0.39, 0.29) is 17.2 Å². The number of ether oxygens (including phenoxy) is 1. The summed E-state index contributed by atoms with van der Waals surface area (Å²) in [4.78, 5) is 17.6. The Morgan fingerprint density at radius 3 is 3.14 bits per heavy atom. The van der Waals surface area contributed by atoms with Gasteiger partial charge in [-0.25, -0.2) is 4.98 Å². The summed E-state index contributed by atoms with van der Waals surface area (Å²) < 4.78 is 5.87. The Kier molecular flexibility index (Phi) is 4.78. The van der Waals surface area contributed by atoms with Gasteiger partial charge in [-0.1, -0.05) is 11.8 Å². The molecule has 0 saturated heterocycles. The van der Waals surface area contributed by atoms with Crippen LogP contribution in [-0.2, 0) is 9.53 Å². The van der Waals surface area contributed by atoms with E-state index in [0.717, 1.165) is 24.0 Å². The maximum atomic E-state index is 11.4. The summed E-state index contributed by atoms with van der Waals surface area (Å²) in [7, 11) is 2.01. The minimum Gasteiger partial charge on any atom is -0.478 e. The first-order valence-corrected chi connectivity index (χ1v) is 8.68. The fourth-order valence-corrected chi connectivity index (χ4v) is 3.32. The van der Waals surface area contributed by atoms with Gasteiger partial charge in [0, 0.05) is 18.7 Å². The summed E-state index contributed by atoms with van der Waals surface area (Å²) in [5, 5.41) is 4.85. The largest absolute Gasteiger partial charge is 0.478 e. The summed E-state index contributed by atoms with van der Waals surface area (Å²) in [5.74, 6) is 1.82. The lowest BCUT2D eigenvalue weighted by molar-refractivity contribution is -0.113. The number of hydrogen-bond acceptors (Lipinski definition) is 5. The second kappa shape index (κ2) is 6.79. The number of alkyl halides is 1. The van der Waals surface area contributed by atoms with Crippen molar-refractivity contribution in [3.63, 3.8) is 0 Å². The van der Waals surface area contributed by atoms with Crippen LogP contribution in [0.3, 0.4) is 0 Å². The van der Waals surface area contributed by atoms with Crippen molar-refractivity contribution in [2.45, 2.75) is 18.2 Å². The Balaban J connectivity index is 1.64. The molecule has 0 bridgehead atoms. The zero-order chi connectivity index (χ0) is 15.5. The standard InChI is InChI=1S/C15H18ClN3O2S/c1-19-14(21-8-10-2-3-10)9-22-15(19)11-4-5-17-12(6-11)18-13(20)7-16/h4-6,9-10,15H,2-3,7-8H2,1H3,(H,17,18,20). The highest BCUT2D eigenvalue weighted by Gasteiger charge is 2.29. The Labute approximate surface area is 139 Å². The second-order valence-electron chi connectivity index (χ2n) is 5.47. The van der Waals surface area contributed by atoms with Crippen molar-refractivity contribution in [2.75, 3.05) is 24.9 Å². The van der Waals surface area contributed by atoms with Crippen LogP contribution in [0, 0.1) is 5.92 Å². The Hall–Kier alpha value is -1.40. The molecule has 1 amide bonds. The molecule has 1 saturated carbocycles. The average molecular weight is 340 g/mol. The van der Waals surface area contributed by atoms with E-state index >= 15 is 0 Å². The molecule has 1 unspecified atom stereocenters. The van der Waals surface area contributed by atoms with Crippen LogP contribution < -0.4 is 5.32 Å². The predicted octanol–water partition coefficient (Wildman–Crippen LogP) is 3.16. The van der Waals surface area contributed by atoms with Gasteiger partial charge in [0.05, 0.1) is 6.61 Å². The van der Waals surface area contributed by atoms with Crippen LogP contribution in [0.25, 0.3) is 0 Å². The monoisotopic (exact) mass is 339 g/mol. The normalized spacial score (nSPS) is 20.7. The van der Waals surface area contributed by atoms with Crippen molar-refractivity contribution >= 4 is 35.1 Å². The average Bonchev–Trinajstić information content (AvgIpc) is 3.28. The van der Waals surface area contributed by atoms with Crippen LogP contribution >= 0.6 is 23.4 Å². The number of aromatic nitrogens is 1. The summed E-state index contributed by atoms with van der Waals surface area (Å²) >= 11 is 7.19. The topological polar surface area (TPSA) is 54.5 Å². The summed E-state index contributed by atoms with van der Waals surface area (Å²) in [6, 6.07) is 3.82. The zero-order valence-electron chi connectivity index (χ0n) is 12.3. The molecule has 1 aliphatic carbocycles. The van der Waals surface area contributed by atoms with Gasteiger partial charge in [-0.05, 0) is 36.5 Å². The fraction of sp³-hybridized carbons (Fsp3) is 0.467. The van der Waals surface area contributed by atoms with E-state index in [2.05, 4.69) is 15.2 Å². The van der Waals surface area contributed by atoms with E-state index in [1.807, 2.05) is 24.6 Å². The number of carbonyl (C=O) groups excluding carboxylic acids is 1. The number of amides is 1. The van der Waals surface area contributed by atoms with Crippen molar-refractivity contribution in [1.29, 1.82) is 0 Å². The van der Waals surface area contributed by atoms with Gasteiger partial charge in [0.1, 0.15) is 17.1 Å². The highest BCUT2D eigenvalue weighted by atomic mass is 35.5. The van der Waals surface area contributed by atoms with Crippen LogP contribution in [0.4, 0.5) is 5.82 Å². The molecule has 0 spiro atoms. The molecule has 1 aromatic heterocycles. The number of anilines is 1. The van der Waals surface area contributed by atoms with Crippen LogP contribution in [0.2, 0.25) is 0 Å². The molecular weight excluding hydrogens is 322 g/mol. The highest BCUT2D eigenvalue weighted by Crippen LogP contribution is 2.42. The van der Waals surface area contributed by atoms with Crippen LogP contribution in [0.1, 0.15) is 23.8 Å². The van der Waals surface area contributed by atoms with Gasteiger partial charge >= 0.3 is 0 Å². The quantitative estimate of drug-likeness (QED) is 0.807. The van der Waals surface area contributed by atoms with Gasteiger partial charge in [0.2, 0.25) is 5.91 Å². The number of thioether (sulfide) groups is 1. The van der Waals surface area contributed by atoms with E-state index in [0.29, 0.717) is 5.82 Å². The molecule has 1 atom stereocenters. The fourth-order valence-electron chi connectivity index (χ4n) is 2.18. The van der Waals surface area contributed by atoms with Crippen LogP contribution in [0.15, 0.2) is 29.6 Å². The van der Waals surface area contributed by atoms with Crippen molar-refractivity contribution < 1.29 is 9.53 Å². The Morgan fingerprint density at radius 1 is 1.59 bits per heavy atom. The van der Waals surface area contributed by atoms with Crippen molar-refractivity contribution in [2.24, 2.45) is 5.92 Å². The number of nitrogens with one attached hydrogen (secondary N) is 1. The Morgan fingerprint density at radius 2 is 2.41 bits per heavy atom. The lowest BCUT2D eigenvalue weighted by Crippen LogP contribution is -2.20. The molecule has 0 aromatic carbocycles. The Bertz CT molecular complexity index is 592. The van der Waals surface area contributed by atoms with Gasteiger partial charge in [-0.2, -0.15) is 0 Å². The summed E-state index contributed by atoms with van der Waals surface area (Å²) in [5.41, 5.74) is 1.06. The lowest BCUT2D eigenvalue weighted by Gasteiger charge is -2.24. The van der Waals surface area contributed by atoms with Crippen molar-refractivity contribution in [3.8, 4) is 0 Å². The molecule has 118 valence electrons. The minimum absolute atomic E-state index is 0.0787. The third-order valence-electron chi connectivity index (χ3n) is 3.62. The maximum absolute atomic E-state index is 11.4. The third-order valence-corrected chi connectivity index (χ3v) is 5.05. The van der Waals surface area contributed by atoms with Gasteiger partial charge in [-0.3, -0.25) is 4.79 Å². The first-order valence-electron chi connectivity index (χ1n) is 7.20. The highest BCUT2D eigenvalue weighted by molar-refractivity contribution is 8.02. The summed E-state index contributed by atoms with van der Waals surface area (Å²) in [6.45, 7) is 0.802. The van der Waals surface area contributed by atoms with E-state index in [9.17, 15) is 4.79 Å². The van der Waals surface area contributed by atoms with Gasteiger partial charge < -0.3 is 15.0 Å². The van der Waals surface area contributed by atoms with E-state index < -0.39 is 0 Å². The van der Waals surface area contributed by atoms with Gasteiger partial charge in [-0.15, -0.1) is 11.6 Å². The number of halogens is 1. The van der Waals surface area contributed by atoms with Crippen molar-refractivity contribution in [3.05, 3.63) is 35.2 Å². The van der Waals surface area contributed by atoms with Crippen LogP contribution in [0.5, 0.6) is 0 Å². The molecule has 1 N–H and O–H groups in total. The molecule has 7 heteroatoms. The molecule has 1 aromatic rings. The number of nitrogens with zero attached hydrogens (tertiary/aromatic N) is 2. The SMILES string of the molecule is CN1C(OCC2CC2)=CSC1c1ccnc(NC(=O)CCl)c1. The first-order chi connectivity index (χ1) is 10.7. The first kappa shape index (κ1) is 15.5. The van der Waals surface area contributed by atoms with E-state index in [1.54, 1.807) is 18.0 Å². The molecule has 3 rings (SSSR count). The molecule has 2 heterocycles. The molecule has 2 aliphatic rings. The van der Waals surface area contributed by atoms with Gasteiger partial charge in [0.25, 0.3) is 0 Å². The van der Waals surface area contributed by atoms with E-state index in [1.165, 1.54) is 12.8 Å². The molecule has 5 nitrogen and oxygen atoms in total. The third kappa shape index (κ3) is 3.67. The second-order valence-corrected chi connectivity index (χ2v) is 6.69. The maximum Gasteiger partial charge on any atom is 0.240 e. The molecule has 22 heavy (non-hydrogen) atoms. The number of carbonyl (C=O) groups is 1. The molecule has 1 aliphatic heterocycles. The molecule has 0 radical (unpaired) electrons. The molecule has 1 fully saturated rings. The van der Waals surface area contributed by atoms with Crippen LogP contribution in [-0.4, -0.2) is 35.3 Å². The number of hydrogen-bond donors (Lipinski definition) is 1. The molecular formula is C15H18ClN3O2S. The van der Waals surface area contributed by atoms with Crippen molar-refractivity contribution in [1.82, 2.24) is 9.88 Å². The number of pyridine rings is 1. The zero-order valence-corrected chi connectivity index (χ0v) is 13.9. The van der Waals surface area contributed by atoms with E-state index in [4.69, 9.17) is 16.3 Å².